The van der Waals surface area contributed by atoms with Gasteiger partial charge in [-0.25, -0.2) is 14.3 Å². The zero-order valence-electron chi connectivity index (χ0n) is 15.7. The second kappa shape index (κ2) is 7.76. The molecule has 9 nitrogen and oxygen atoms in total. The van der Waals surface area contributed by atoms with Crippen LogP contribution in [0.3, 0.4) is 0 Å². The van der Waals surface area contributed by atoms with Crippen molar-refractivity contribution in [3.8, 4) is 17.1 Å². The minimum atomic E-state index is -0.391. The van der Waals surface area contributed by atoms with E-state index in [4.69, 9.17) is 0 Å². The lowest BCUT2D eigenvalue weighted by molar-refractivity contribution is -0.117. The van der Waals surface area contributed by atoms with E-state index < -0.39 is 5.91 Å². The van der Waals surface area contributed by atoms with Crippen molar-refractivity contribution in [2.24, 2.45) is 0 Å². The monoisotopic (exact) mass is 407 g/mol. The van der Waals surface area contributed by atoms with E-state index in [1.165, 1.54) is 17.4 Å². The van der Waals surface area contributed by atoms with Crippen LogP contribution in [0.2, 0.25) is 0 Å². The molecule has 1 amide bonds. The summed E-state index contributed by atoms with van der Waals surface area (Å²) in [4.78, 5) is 33.0. The Morgan fingerprint density at radius 1 is 1.21 bits per heavy atom. The van der Waals surface area contributed by atoms with Gasteiger partial charge in [-0.1, -0.05) is 0 Å². The minimum absolute atomic E-state index is 0.228. The van der Waals surface area contributed by atoms with Crippen LogP contribution in [-0.4, -0.2) is 35.4 Å². The van der Waals surface area contributed by atoms with Gasteiger partial charge in [-0.3, -0.25) is 14.6 Å². The van der Waals surface area contributed by atoms with Crippen LogP contribution in [0.15, 0.2) is 52.9 Å². The molecule has 0 saturated carbocycles. The van der Waals surface area contributed by atoms with E-state index in [2.05, 4.69) is 25.5 Å². The molecule has 0 bridgehead atoms. The van der Waals surface area contributed by atoms with E-state index in [0.29, 0.717) is 10.9 Å². The maximum Gasteiger partial charge on any atom is 0.267 e. The second-order valence-electron chi connectivity index (χ2n) is 6.35. The standard InChI is InChI=1S/C19H17N7O2S/c1-12-8-13(2)26(23-12)16-5-6-18(28)25(24-16)10-17(27)22-19-21-15(11-29-19)14-4-3-7-20-9-14/h3-9,11H,10H2,1-2H3,(H,21,22,27). The van der Waals surface area contributed by atoms with E-state index >= 15 is 0 Å². The number of aryl methyl sites for hydroxylation is 2. The lowest BCUT2D eigenvalue weighted by Crippen LogP contribution is -2.30. The summed E-state index contributed by atoms with van der Waals surface area (Å²) in [7, 11) is 0. The van der Waals surface area contributed by atoms with Crippen LogP contribution in [0.25, 0.3) is 17.1 Å². The third kappa shape index (κ3) is 4.11. The number of amides is 1. The highest BCUT2D eigenvalue weighted by molar-refractivity contribution is 7.14. The number of rotatable bonds is 5. The predicted octanol–water partition coefficient (Wildman–Crippen LogP) is 2.20. The summed E-state index contributed by atoms with van der Waals surface area (Å²) in [6.45, 7) is 3.54. The number of pyridine rings is 1. The molecular weight excluding hydrogens is 390 g/mol. The first-order chi connectivity index (χ1) is 14.0. The van der Waals surface area contributed by atoms with Gasteiger partial charge in [0.15, 0.2) is 10.9 Å². The Hall–Kier alpha value is -3.66. The van der Waals surface area contributed by atoms with Crippen molar-refractivity contribution in [3.05, 3.63) is 69.8 Å². The van der Waals surface area contributed by atoms with Crippen LogP contribution in [0.4, 0.5) is 5.13 Å². The molecule has 0 atom stereocenters. The van der Waals surface area contributed by atoms with Crippen molar-refractivity contribution in [2.75, 3.05) is 5.32 Å². The number of thiazole rings is 1. The third-order valence-corrected chi connectivity index (χ3v) is 4.84. The highest BCUT2D eigenvalue weighted by atomic mass is 32.1. The van der Waals surface area contributed by atoms with Crippen molar-refractivity contribution in [3.63, 3.8) is 0 Å². The molecule has 4 rings (SSSR count). The molecule has 29 heavy (non-hydrogen) atoms. The number of nitrogens with one attached hydrogen (secondary N) is 1. The largest absolute Gasteiger partial charge is 0.300 e. The molecule has 4 aromatic rings. The molecule has 0 unspecified atom stereocenters. The fourth-order valence-electron chi connectivity index (χ4n) is 2.80. The first-order valence-electron chi connectivity index (χ1n) is 8.77. The van der Waals surface area contributed by atoms with Gasteiger partial charge in [-0.05, 0) is 38.1 Å². The van der Waals surface area contributed by atoms with Crippen LogP contribution in [0, 0.1) is 13.8 Å². The Balaban J connectivity index is 1.50. The molecule has 0 saturated heterocycles. The number of carbonyl (C=O) groups excluding carboxylic acids is 1. The Labute approximate surface area is 169 Å². The van der Waals surface area contributed by atoms with E-state index in [-0.39, 0.29) is 12.1 Å². The number of anilines is 1. The summed E-state index contributed by atoms with van der Waals surface area (Å²) in [5.74, 6) is 0.0771. The summed E-state index contributed by atoms with van der Waals surface area (Å²) in [6, 6.07) is 8.57. The van der Waals surface area contributed by atoms with E-state index in [1.54, 1.807) is 23.1 Å². The Morgan fingerprint density at radius 3 is 2.79 bits per heavy atom. The third-order valence-electron chi connectivity index (χ3n) is 4.08. The first-order valence-corrected chi connectivity index (χ1v) is 9.65. The van der Waals surface area contributed by atoms with E-state index in [1.807, 2.05) is 37.4 Å². The van der Waals surface area contributed by atoms with Crippen molar-refractivity contribution in [1.29, 1.82) is 0 Å². The van der Waals surface area contributed by atoms with Gasteiger partial charge in [0, 0.05) is 35.1 Å². The van der Waals surface area contributed by atoms with E-state index in [0.717, 1.165) is 27.3 Å². The highest BCUT2D eigenvalue weighted by Crippen LogP contribution is 2.23. The molecule has 1 N–H and O–H groups in total. The zero-order chi connectivity index (χ0) is 20.4. The lowest BCUT2D eigenvalue weighted by Gasteiger charge is -2.08. The molecule has 0 spiro atoms. The molecule has 146 valence electrons. The van der Waals surface area contributed by atoms with Gasteiger partial charge in [-0.2, -0.15) is 5.10 Å². The van der Waals surface area contributed by atoms with E-state index in [9.17, 15) is 9.59 Å². The maximum atomic E-state index is 12.4. The minimum Gasteiger partial charge on any atom is -0.300 e. The van der Waals surface area contributed by atoms with Crippen LogP contribution in [-0.2, 0) is 11.3 Å². The number of hydrogen-bond donors (Lipinski definition) is 1. The molecule has 0 aromatic carbocycles. The second-order valence-corrected chi connectivity index (χ2v) is 7.21. The van der Waals surface area contributed by atoms with Crippen LogP contribution >= 0.6 is 11.3 Å². The summed E-state index contributed by atoms with van der Waals surface area (Å²) < 4.78 is 2.74. The summed E-state index contributed by atoms with van der Waals surface area (Å²) in [5, 5.41) is 13.6. The lowest BCUT2D eigenvalue weighted by atomic mass is 10.2. The molecule has 0 fully saturated rings. The van der Waals surface area contributed by atoms with Crippen molar-refractivity contribution < 1.29 is 4.79 Å². The molecule has 0 aliphatic rings. The average molecular weight is 407 g/mol. The summed E-state index contributed by atoms with van der Waals surface area (Å²) >= 11 is 1.30. The van der Waals surface area contributed by atoms with Gasteiger partial charge in [0.1, 0.15) is 6.54 Å². The number of aromatic nitrogens is 6. The van der Waals surface area contributed by atoms with Crippen molar-refractivity contribution in [2.45, 2.75) is 20.4 Å². The summed E-state index contributed by atoms with van der Waals surface area (Å²) in [5.41, 5.74) is 2.93. The van der Waals surface area contributed by atoms with Crippen molar-refractivity contribution in [1.82, 2.24) is 29.5 Å². The van der Waals surface area contributed by atoms with Crippen LogP contribution in [0.5, 0.6) is 0 Å². The first kappa shape index (κ1) is 18.7. The number of carbonyl (C=O) groups is 1. The van der Waals surface area contributed by atoms with Gasteiger partial charge in [0.25, 0.3) is 5.56 Å². The number of hydrogen-bond acceptors (Lipinski definition) is 7. The quantitative estimate of drug-likeness (QED) is 0.543. The van der Waals surface area contributed by atoms with Crippen LogP contribution < -0.4 is 10.9 Å². The topological polar surface area (TPSA) is 108 Å². The maximum absolute atomic E-state index is 12.4. The molecular formula is C19H17N7O2S. The molecule has 10 heteroatoms. The molecule has 0 aliphatic carbocycles. The molecule has 0 radical (unpaired) electrons. The Kier molecular flexibility index (Phi) is 5.00. The smallest absolute Gasteiger partial charge is 0.267 e. The van der Waals surface area contributed by atoms with Gasteiger partial charge < -0.3 is 5.32 Å². The Bertz CT molecular complexity index is 1230. The van der Waals surface area contributed by atoms with Crippen molar-refractivity contribution >= 4 is 22.4 Å². The molecule has 4 heterocycles. The fourth-order valence-corrected chi connectivity index (χ4v) is 3.53. The highest BCUT2D eigenvalue weighted by Gasteiger charge is 2.12. The van der Waals surface area contributed by atoms with Crippen LogP contribution in [0.1, 0.15) is 11.4 Å². The zero-order valence-corrected chi connectivity index (χ0v) is 16.6. The van der Waals surface area contributed by atoms with Gasteiger partial charge >= 0.3 is 0 Å². The fraction of sp³-hybridized carbons (Fsp3) is 0.158. The Morgan fingerprint density at radius 2 is 2.07 bits per heavy atom. The van der Waals surface area contributed by atoms with Gasteiger partial charge in [0.05, 0.1) is 11.4 Å². The molecule has 0 aliphatic heterocycles. The summed E-state index contributed by atoms with van der Waals surface area (Å²) in [6.07, 6.45) is 3.39. The SMILES string of the molecule is Cc1cc(C)n(-c2ccc(=O)n(CC(=O)Nc3nc(-c4cccnc4)cs3)n2)n1. The average Bonchev–Trinajstić information content (AvgIpc) is 3.30. The van der Waals surface area contributed by atoms with Gasteiger partial charge in [0.2, 0.25) is 5.91 Å². The predicted molar refractivity (Wildman–Crippen MR) is 109 cm³/mol. The van der Waals surface area contributed by atoms with Gasteiger partial charge in [-0.15, -0.1) is 16.4 Å². The normalized spacial score (nSPS) is 10.8. The number of nitrogens with zero attached hydrogens (tertiary/aromatic N) is 6. The molecule has 4 aromatic heterocycles.